The van der Waals surface area contributed by atoms with Crippen molar-refractivity contribution in [3.8, 4) is 0 Å². The molecule has 2 aliphatic rings. The minimum absolute atomic E-state index is 0.0324. The summed E-state index contributed by atoms with van der Waals surface area (Å²) in [6.45, 7) is 8.43. The number of fused-ring (bicyclic) bond motifs is 1. The third-order valence-electron chi connectivity index (χ3n) is 5.04. The van der Waals surface area contributed by atoms with E-state index in [0.717, 1.165) is 40.8 Å². The SMILES string of the molecule is CC1=C(C(=O)N(C)C)C(c2cccc(NC(=O)C(C)(C)C)c2)N2CCCSC2=N1. The van der Waals surface area contributed by atoms with Gasteiger partial charge in [0.25, 0.3) is 5.91 Å². The van der Waals surface area contributed by atoms with Crippen LogP contribution in [0.5, 0.6) is 0 Å². The van der Waals surface area contributed by atoms with Crippen molar-refractivity contribution in [1.29, 1.82) is 0 Å². The minimum atomic E-state index is -0.479. The first-order valence-corrected chi connectivity index (χ1v) is 10.9. The summed E-state index contributed by atoms with van der Waals surface area (Å²) in [5.41, 5.74) is 2.70. The van der Waals surface area contributed by atoms with Crippen LogP contribution in [0.4, 0.5) is 5.69 Å². The molecule has 1 aromatic carbocycles. The molecule has 0 bridgehead atoms. The number of nitrogens with zero attached hydrogens (tertiary/aromatic N) is 3. The fourth-order valence-electron chi connectivity index (χ4n) is 3.43. The predicted octanol–water partition coefficient (Wildman–Crippen LogP) is 3.88. The van der Waals surface area contributed by atoms with Gasteiger partial charge in [0.2, 0.25) is 5.91 Å². The number of thioether (sulfide) groups is 1. The number of anilines is 1. The fourth-order valence-corrected chi connectivity index (χ4v) is 4.45. The highest BCUT2D eigenvalue weighted by Gasteiger charge is 2.37. The molecule has 1 saturated heterocycles. The molecule has 0 saturated carbocycles. The van der Waals surface area contributed by atoms with Crippen molar-refractivity contribution in [2.45, 2.75) is 40.2 Å². The summed E-state index contributed by atoms with van der Waals surface area (Å²) in [5.74, 6) is 0.967. The molecule has 1 atom stereocenters. The number of amidine groups is 1. The first-order chi connectivity index (χ1) is 13.6. The smallest absolute Gasteiger partial charge is 0.253 e. The molecule has 2 amide bonds. The summed E-state index contributed by atoms with van der Waals surface area (Å²) in [4.78, 5) is 34.1. The summed E-state index contributed by atoms with van der Waals surface area (Å²) >= 11 is 1.74. The minimum Gasteiger partial charge on any atom is -0.345 e. The molecular weight excluding hydrogens is 384 g/mol. The fraction of sp³-hybridized carbons (Fsp3) is 0.500. The third kappa shape index (κ3) is 4.50. The van der Waals surface area contributed by atoms with Gasteiger partial charge in [0.1, 0.15) is 0 Å². The quantitative estimate of drug-likeness (QED) is 0.815. The van der Waals surface area contributed by atoms with E-state index in [0.29, 0.717) is 5.57 Å². The average Bonchev–Trinajstić information content (AvgIpc) is 2.65. The van der Waals surface area contributed by atoms with Gasteiger partial charge in [0.05, 0.1) is 17.3 Å². The summed E-state index contributed by atoms with van der Waals surface area (Å²) in [5, 5.41) is 3.98. The van der Waals surface area contributed by atoms with Gasteiger partial charge in [-0.05, 0) is 31.0 Å². The highest BCUT2D eigenvalue weighted by molar-refractivity contribution is 8.13. The van der Waals surface area contributed by atoms with Crippen LogP contribution in [0.1, 0.15) is 45.7 Å². The highest BCUT2D eigenvalue weighted by Crippen LogP contribution is 2.40. The lowest BCUT2D eigenvalue weighted by atomic mass is 9.92. The van der Waals surface area contributed by atoms with Gasteiger partial charge in [-0.2, -0.15) is 0 Å². The number of benzene rings is 1. The van der Waals surface area contributed by atoms with Gasteiger partial charge in [-0.1, -0.05) is 44.7 Å². The first-order valence-electron chi connectivity index (χ1n) is 9.91. The van der Waals surface area contributed by atoms with Crippen molar-refractivity contribution < 1.29 is 9.59 Å². The number of rotatable bonds is 3. The molecule has 7 heteroatoms. The Balaban J connectivity index is 2.04. The second kappa shape index (κ2) is 8.22. The molecule has 2 aliphatic heterocycles. The molecule has 156 valence electrons. The number of hydrogen-bond donors (Lipinski definition) is 1. The van der Waals surface area contributed by atoms with Crippen LogP contribution in [-0.2, 0) is 9.59 Å². The Kier molecular flexibility index (Phi) is 6.08. The number of aliphatic imine (C=N–C) groups is 1. The molecule has 1 unspecified atom stereocenters. The van der Waals surface area contributed by atoms with Crippen LogP contribution < -0.4 is 5.32 Å². The lowest BCUT2D eigenvalue weighted by Crippen LogP contribution is -2.43. The van der Waals surface area contributed by atoms with Gasteiger partial charge in [0, 0.05) is 37.5 Å². The summed E-state index contributed by atoms with van der Waals surface area (Å²) in [7, 11) is 3.54. The number of hydrogen-bond acceptors (Lipinski definition) is 5. The molecule has 1 N–H and O–H groups in total. The summed E-state index contributed by atoms with van der Waals surface area (Å²) < 4.78 is 0. The van der Waals surface area contributed by atoms with Crippen LogP contribution in [0.25, 0.3) is 0 Å². The number of carbonyl (C=O) groups is 2. The maximum Gasteiger partial charge on any atom is 0.253 e. The Labute approximate surface area is 177 Å². The van der Waals surface area contributed by atoms with E-state index in [1.807, 2.05) is 52.0 Å². The van der Waals surface area contributed by atoms with Gasteiger partial charge in [0.15, 0.2) is 5.17 Å². The van der Waals surface area contributed by atoms with E-state index < -0.39 is 5.41 Å². The lowest BCUT2D eigenvalue weighted by molar-refractivity contribution is -0.125. The second-order valence-corrected chi connectivity index (χ2v) is 9.78. The van der Waals surface area contributed by atoms with Crippen molar-refractivity contribution in [2.75, 3.05) is 31.7 Å². The number of carbonyl (C=O) groups excluding carboxylic acids is 2. The van der Waals surface area contributed by atoms with Crippen molar-refractivity contribution in [1.82, 2.24) is 9.80 Å². The molecule has 1 aromatic rings. The van der Waals surface area contributed by atoms with Crippen LogP contribution >= 0.6 is 11.8 Å². The summed E-state index contributed by atoms with van der Waals surface area (Å²) in [6.07, 6.45) is 1.04. The number of nitrogens with one attached hydrogen (secondary N) is 1. The summed E-state index contributed by atoms with van der Waals surface area (Å²) in [6, 6.07) is 7.61. The van der Waals surface area contributed by atoms with Gasteiger partial charge in [-0.25, -0.2) is 4.99 Å². The van der Waals surface area contributed by atoms with E-state index >= 15 is 0 Å². The van der Waals surface area contributed by atoms with Crippen molar-refractivity contribution in [3.05, 3.63) is 41.1 Å². The maximum atomic E-state index is 13.1. The van der Waals surface area contributed by atoms with E-state index in [1.54, 1.807) is 30.8 Å². The van der Waals surface area contributed by atoms with Gasteiger partial charge in [-0.3, -0.25) is 9.59 Å². The largest absolute Gasteiger partial charge is 0.345 e. The van der Waals surface area contributed by atoms with Gasteiger partial charge < -0.3 is 15.1 Å². The highest BCUT2D eigenvalue weighted by atomic mass is 32.2. The zero-order valence-electron chi connectivity index (χ0n) is 18.1. The molecule has 0 aromatic heterocycles. The number of likely N-dealkylation sites (N-methyl/N-ethyl adjacent to an activating group) is 1. The molecule has 1 fully saturated rings. The monoisotopic (exact) mass is 414 g/mol. The van der Waals surface area contributed by atoms with Crippen molar-refractivity contribution in [2.24, 2.45) is 10.4 Å². The molecule has 0 radical (unpaired) electrons. The molecule has 0 spiro atoms. The van der Waals surface area contributed by atoms with Gasteiger partial charge >= 0.3 is 0 Å². The normalized spacial score (nSPS) is 19.4. The third-order valence-corrected chi connectivity index (χ3v) is 6.11. The molecular formula is C22H30N4O2S. The molecule has 2 heterocycles. The predicted molar refractivity (Wildman–Crippen MR) is 120 cm³/mol. The Bertz CT molecular complexity index is 883. The van der Waals surface area contributed by atoms with Crippen LogP contribution in [0.15, 0.2) is 40.5 Å². The Morgan fingerprint density at radius 3 is 2.66 bits per heavy atom. The van der Waals surface area contributed by atoms with Crippen LogP contribution in [0.3, 0.4) is 0 Å². The second-order valence-electron chi connectivity index (χ2n) is 8.72. The Morgan fingerprint density at radius 1 is 1.28 bits per heavy atom. The number of amides is 2. The topological polar surface area (TPSA) is 65.0 Å². The average molecular weight is 415 g/mol. The van der Waals surface area contributed by atoms with Crippen molar-refractivity contribution >= 4 is 34.4 Å². The molecule has 3 rings (SSSR count). The van der Waals surface area contributed by atoms with E-state index in [9.17, 15) is 9.59 Å². The zero-order chi connectivity index (χ0) is 21.3. The van der Waals surface area contributed by atoms with Crippen LogP contribution in [-0.4, -0.2) is 53.2 Å². The van der Waals surface area contributed by atoms with Gasteiger partial charge in [-0.15, -0.1) is 0 Å². The standard InChI is InChI=1S/C22H30N4O2S/c1-14-17(19(27)25(5)6)18(26-11-8-12-29-21(26)23-14)15-9-7-10-16(13-15)24-20(28)22(2,3)4/h7,9-10,13,18H,8,11-12H2,1-6H3,(H,24,28). The number of allylic oxidation sites excluding steroid dienone is 1. The van der Waals surface area contributed by atoms with Crippen molar-refractivity contribution in [3.63, 3.8) is 0 Å². The zero-order valence-corrected chi connectivity index (χ0v) is 18.9. The Morgan fingerprint density at radius 2 is 2.00 bits per heavy atom. The van der Waals surface area contributed by atoms with Crippen LogP contribution in [0.2, 0.25) is 0 Å². The Hall–Kier alpha value is -2.28. The van der Waals surface area contributed by atoms with Crippen LogP contribution in [0, 0.1) is 5.41 Å². The van der Waals surface area contributed by atoms with E-state index in [1.165, 1.54) is 0 Å². The lowest BCUT2D eigenvalue weighted by Gasteiger charge is -2.41. The maximum absolute atomic E-state index is 13.1. The van der Waals surface area contributed by atoms with E-state index in [-0.39, 0.29) is 17.9 Å². The molecule has 6 nitrogen and oxygen atoms in total. The molecule has 29 heavy (non-hydrogen) atoms. The molecule has 0 aliphatic carbocycles. The van der Waals surface area contributed by atoms with E-state index in [2.05, 4.69) is 10.2 Å². The first kappa shape index (κ1) is 21.4. The van der Waals surface area contributed by atoms with E-state index in [4.69, 9.17) is 4.99 Å².